The topological polar surface area (TPSA) is 83.5 Å². The first-order valence-electron chi connectivity index (χ1n) is 11.0. The zero-order chi connectivity index (χ0) is 23.9. The highest BCUT2D eigenvalue weighted by molar-refractivity contribution is 5.98. The lowest BCUT2D eigenvalue weighted by Crippen LogP contribution is -2.49. The first-order chi connectivity index (χ1) is 16.3. The summed E-state index contributed by atoms with van der Waals surface area (Å²) in [6, 6.07) is 6.08. The van der Waals surface area contributed by atoms with Crippen molar-refractivity contribution in [2.24, 2.45) is 0 Å². The van der Waals surface area contributed by atoms with Crippen LogP contribution in [0.4, 0.5) is 24.8 Å². The number of piperazine rings is 1. The van der Waals surface area contributed by atoms with Gasteiger partial charge in [-0.05, 0) is 43.1 Å². The molecule has 8 nitrogen and oxygen atoms in total. The summed E-state index contributed by atoms with van der Waals surface area (Å²) >= 11 is 0. The van der Waals surface area contributed by atoms with Gasteiger partial charge in [-0.2, -0.15) is 23.1 Å². The number of aromatic nitrogens is 3. The highest BCUT2D eigenvalue weighted by Crippen LogP contribution is 2.35. The molecule has 2 aliphatic rings. The van der Waals surface area contributed by atoms with Crippen LogP contribution in [0.3, 0.4) is 0 Å². The van der Waals surface area contributed by atoms with E-state index in [1.54, 1.807) is 23.2 Å². The highest BCUT2D eigenvalue weighted by atomic mass is 19.4. The third kappa shape index (κ3) is 4.35. The fraction of sp³-hybridized carbons (Fsp3) is 0.391. The predicted octanol–water partition coefficient (Wildman–Crippen LogP) is 3.26. The molecule has 1 fully saturated rings. The average molecular weight is 472 g/mol. The predicted molar refractivity (Wildman–Crippen MR) is 120 cm³/mol. The molecule has 1 N–H and O–H groups in total. The Balaban J connectivity index is 1.54. The lowest BCUT2D eigenvalue weighted by Gasteiger charge is -2.31. The lowest BCUT2D eigenvalue weighted by atomic mass is 9.96. The van der Waals surface area contributed by atoms with Gasteiger partial charge in [0.1, 0.15) is 11.6 Å². The van der Waals surface area contributed by atoms with Crippen molar-refractivity contribution in [3.8, 4) is 6.01 Å². The van der Waals surface area contributed by atoms with Crippen molar-refractivity contribution < 1.29 is 22.7 Å². The molecule has 1 amide bonds. The molecule has 178 valence electrons. The van der Waals surface area contributed by atoms with Crippen molar-refractivity contribution in [3.05, 3.63) is 47.2 Å². The van der Waals surface area contributed by atoms with Crippen molar-refractivity contribution >= 4 is 28.4 Å². The van der Waals surface area contributed by atoms with E-state index < -0.39 is 11.7 Å². The van der Waals surface area contributed by atoms with Gasteiger partial charge in [0.05, 0.1) is 30.4 Å². The number of rotatable bonds is 1. The van der Waals surface area contributed by atoms with Crippen LogP contribution in [0.2, 0.25) is 0 Å². The summed E-state index contributed by atoms with van der Waals surface area (Å²) in [7, 11) is 1.88. The van der Waals surface area contributed by atoms with E-state index in [4.69, 9.17) is 4.74 Å². The van der Waals surface area contributed by atoms with Crippen LogP contribution in [0.25, 0.3) is 10.9 Å². The van der Waals surface area contributed by atoms with Gasteiger partial charge >= 0.3 is 12.2 Å². The van der Waals surface area contributed by atoms with E-state index in [1.807, 2.05) is 11.9 Å². The molecular weight excluding hydrogens is 449 g/mol. The smallest absolute Gasteiger partial charge is 0.416 e. The molecule has 0 spiro atoms. The zero-order valence-electron chi connectivity index (χ0n) is 18.5. The molecule has 1 aromatic carbocycles. The molecule has 0 unspecified atom stereocenters. The van der Waals surface area contributed by atoms with Gasteiger partial charge < -0.3 is 10.1 Å². The second-order valence-corrected chi connectivity index (χ2v) is 8.44. The molecular formula is C23H23F3N6O2. The molecule has 4 heterocycles. The van der Waals surface area contributed by atoms with Crippen LogP contribution in [0, 0.1) is 0 Å². The number of likely N-dealkylation sites (N-methyl/N-ethyl adjacent to an activating group) is 1. The van der Waals surface area contributed by atoms with Crippen molar-refractivity contribution in [2.45, 2.75) is 25.6 Å². The van der Waals surface area contributed by atoms with E-state index >= 15 is 0 Å². The molecule has 0 saturated carbocycles. The third-order valence-corrected chi connectivity index (χ3v) is 6.06. The van der Waals surface area contributed by atoms with E-state index in [-0.39, 0.29) is 37.1 Å². The van der Waals surface area contributed by atoms with Gasteiger partial charge in [0.15, 0.2) is 0 Å². The highest BCUT2D eigenvalue weighted by Gasteiger charge is 2.34. The number of nitrogens with one attached hydrogen (secondary N) is 1. The van der Waals surface area contributed by atoms with Gasteiger partial charge in [-0.1, -0.05) is 12.1 Å². The number of nitrogens with zero attached hydrogens (tertiary/aromatic N) is 5. The second-order valence-electron chi connectivity index (χ2n) is 8.44. The number of carbonyl (C=O) groups is 1. The molecule has 2 aliphatic heterocycles. The number of halogens is 3. The molecule has 0 aliphatic carbocycles. The monoisotopic (exact) mass is 472 g/mol. The van der Waals surface area contributed by atoms with E-state index in [2.05, 4.69) is 20.3 Å². The molecule has 3 aromatic rings. The number of anilines is 2. The molecule has 2 bridgehead atoms. The van der Waals surface area contributed by atoms with Gasteiger partial charge in [-0.3, -0.25) is 14.6 Å². The quantitative estimate of drug-likeness (QED) is 0.582. The number of benzene rings is 1. The number of hydrogen-bond donors (Lipinski definition) is 1. The summed E-state index contributed by atoms with van der Waals surface area (Å²) in [5, 5.41) is 3.78. The van der Waals surface area contributed by atoms with E-state index in [1.165, 1.54) is 6.07 Å². The molecule has 1 saturated heterocycles. The fourth-order valence-corrected chi connectivity index (χ4v) is 4.33. The molecule has 5 rings (SSSR count). The minimum Gasteiger partial charge on any atom is -0.463 e. The van der Waals surface area contributed by atoms with Gasteiger partial charge in [0.2, 0.25) is 5.91 Å². The van der Waals surface area contributed by atoms with Crippen LogP contribution in [-0.2, 0) is 23.9 Å². The second kappa shape index (κ2) is 8.71. The summed E-state index contributed by atoms with van der Waals surface area (Å²) in [6.07, 6.45) is -2.27. The van der Waals surface area contributed by atoms with E-state index in [9.17, 15) is 18.0 Å². The molecule has 0 radical (unpaired) electrons. The molecule has 2 aromatic heterocycles. The fourth-order valence-electron chi connectivity index (χ4n) is 4.33. The Kier molecular flexibility index (Phi) is 5.72. The van der Waals surface area contributed by atoms with E-state index in [0.29, 0.717) is 47.6 Å². The van der Waals surface area contributed by atoms with Crippen LogP contribution in [0.5, 0.6) is 6.01 Å². The first-order valence-corrected chi connectivity index (χ1v) is 11.0. The zero-order valence-corrected chi connectivity index (χ0v) is 18.5. The number of alkyl halides is 3. The first kappa shape index (κ1) is 22.3. The number of pyridine rings is 1. The number of hydrogen-bond acceptors (Lipinski definition) is 7. The van der Waals surface area contributed by atoms with Crippen LogP contribution >= 0.6 is 0 Å². The maximum absolute atomic E-state index is 13.6. The van der Waals surface area contributed by atoms with Gasteiger partial charge in [-0.25, -0.2) is 4.98 Å². The normalized spacial score (nSPS) is 17.5. The van der Waals surface area contributed by atoms with Gasteiger partial charge in [-0.15, -0.1) is 0 Å². The van der Waals surface area contributed by atoms with Crippen molar-refractivity contribution in [1.82, 2.24) is 19.9 Å². The molecule has 34 heavy (non-hydrogen) atoms. The lowest BCUT2D eigenvalue weighted by molar-refractivity contribution is -0.138. The summed E-state index contributed by atoms with van der Waals surface area (Å²) in [4.78, 5) is 29.4. The van der Waals surface area contributed by atoms with Crippen molar-refractivity contribution in [2.75, 3.05) is 43.5 Å². The van der Waals surface area contributed by atoms with Gasteiger partial charge in [0, 0.05) is 25.0 Å². The third-order valence-electron chi connectivity index (χ3n) is 6.06. The van der Waals surface area contributed by atoms with Crippen molar-refractivity contribution in [1.29, 1.82) is 0 Å². The molecule has 11 heteroatoms. The Hall–Kier alpha value is -3.47. The Morgan fingerprint density at radius 2 is 2.03 bits per heavy atom. The summed E-state index contributed by atoms with van der Waals surface area (Å²) in [5.74, 6) is 0.834. The van der Waals surface area contributed by atoms with Crippen LogP contribution in [-0.4, -0.2) is 59.0 Å². The summed E-state index contributed by atoms with van der Waals surface area (Å²) in [6.45, 7) is 1.85. The maximum atomic E-state index is 13.6. The Bertz CT molecular complexity index is 1250. The SMILES string of the molecule is CN1CCN(c2cc3c4nc(nc3cn2)OCCCc2c(cccc2C(F)(F)F)CN4)C(=O)C1. The Morgan fingerprint density at radius 1 is 1.18 bits per heavy atom. The number of ether oxygens (including phenoxy) is 1. The maximum Gasteiger partial charge on any atom is 0.416 e. The number of carbonyl (C=O) groups excluding carboxylic acids is 1. The van der Waals surface area contributed by atoms with Crippen LogP contribution in [0.15, 0.2) is 30.5 Å². The number of amides is 1. The Morgan fingerprint density at radius 3 is 2.82 bits per heavy atom. The summed E-state index contributed by atoms with van der Waals surface area (Å²) in [5.41, 5.74) is 0.687. The van der Waals surface area contributed by atoms with E-state index in [0.717, 1.165) is 12.6 Å². The number of fused-ring (bicyclic) bond motifs is 5. The summed E-state index contributed by atoms with van der Waals surface area (Å²) < 4.78 is 46.5. The van der Waals surface area contributed by atoms with Crippen LogP contribution < -0.4 is 15.0 Å². The standard InChI is InChI=1S/C23H23F3N6O2/c1-31-7-8-32(20(33)13-31)19-10-16-18(12-27-19)29-22-30-21(16)28-11-14-4-2-6-17(23(24,25)26)15(14)5-3-9-34-22/h2,4,6,10,12H,3,5,7-9,11,13H2,1H3,(H,28,29,30). The minimum absolute atomic E-state index is 0.0597. The molecule has 0 atom stereocenters. The van der Waals surface area contributed by atoms with Crippen LogP contribution in [0.1, 0.15) is 23.1 Å². The average Bonchev–Trinajstić information content (AvgIpc) is 2.82. The largest absolute Gasteiger partial charge is 0.463 e. The Labute approximate surface area is 193 Å². The minimum atomic E-state index is -4.44. The van der Waals surface area contributed by atoms with Crippen molar-refractivity contribution in [3.63, 3.8) is 0 Å². The van der Waals surface area contributed by atoms with Gasteiger partial charge in [0.25, 0.3) is 0 Å².